The van der Waals surface area contributed by atoms with Gasteiger partial charge in [-0.15, -0.1) is 0 Å². The molecular weight excluding hydrogens is 274 g/mol. The van der Waals surface area contributed by atoms with E-state index in [0.29, 0.717) is 5.52 Å². The maximum absolute atomic E-state index is 12.0. The lowest BCUT2D eigenvalue weighted by Crippen LogP contribution is -2.30. The Bertz CT molecular complexity index is 694. The monoisotopic (exact) mass is 285 g/mol. The summed E-state index contributed by atoms with van der Waals surface area (Å²) >= 11 is 0. The molecule has 0 bridgehead atoms. The van der Waals surface area contributed by atoms with E-state index in [1.54, 1.807) is 13.0 Å². The van der Waals surface area contributed by atoms with Crippen LogP contribution in [0, 0.1) is 0 Å². The minimum absolute atomic E-state index is 0.101. The van der Waals surface area contributed by atoms with Crippen LogP contribution < -0.4 is 4.72 Å². The molecule has 2 rings (SSSR count). The summed E-state index contributed by atoms with van der Waals surface area (Å²) in [4.78, 5) is 11.0. The van der Waals surface area contributed by atoms with Crippen LogP contribution in [0.3, 0.4) is 0 Å². The van der Waals surface area contributed by atoms with Gasteiger partial charge in [0, 0.05) is 0 Å². The first-order chi connectivity index (χ1) is 9.04. The lowest BCUT2D eigenvalue weighted by Gasteiger charge is -2.06. The summed E-state index contributed by atoms with van der Waals surface area (Å²) in [7, 11) is -3.88. The molecule has 1 N–H and O–H groups in total. The van der Waals surface area contributed by atoms with Crippen molar-refractivity contribution < 1.29 is 22.6 Å². The van der Waals surface area contributed by atoms with Gasteiger partial charge in [-0.25, -0.2) is 13.0 Å². The van der Waals surface area contributed by atoms with Gasteiger partial charge >= 0.3 is 5.97 Å². The third kappa shape index (κ3) is 2.88. The molecule has 0 fully saturated rings. The molecular formula is C10H11N3O5S. The van der Waals surface area contributed by atoms with Crippen molar-refractivity contribution in [3.63, 3.8) is 0 Å². The highest BCUT2D eigenvalue weighted by atomic mass is 32.2. The summed E-state index contributed by atoms with van der Waals surface area (Å²) in [5.41, 5.74) is 0.429. The summed E-state index contributed by atoms with van der Waals surface area (Å²) < 4.78 is 35.3. The van der Waals surface area contributed by atoms with Crippen molar-refractivity contribution in [1.29, 1.82) is 0 Å². The van der Waals surface area contributed by atoms with Gasteiger partial charge in [0.15, 0.2) is 5.52 Å². The first kappa shape index (κ1) is 13.4. The van der Waals surface area contributed by atoms with Gasteiger partial charge in [0.05, 0.1) is 6.61 Å². The van der Waals surface area contributed by atoms with Crippen molar-refractivity contribution >= 4 is 27.0 Å². The normalized spacial score (nSPS) is 11.6. The molecule has 1 aromatic carbocycles. The van der Waals surface area contributed by atoms with Crippen LogP contribution in [-0.4, -0.2) is 37.9 Å². The molecule has 2 aromatic rings. The molecule has 0 unspecified atom stereocenters. The number of aromatic nitrogens is 2. The topological polar surface area (TPSA) is 111 Å². The summed E-state index contributed by atoms with van der Waals surface area (Å²) in [6.07, 6.45) is 0. The van der Waals surface area contributed by atoms with Crippen molar-refractivity contribution in [2.24, 2.45) is 0 Å². The largest absolute Gasteiger partial charge is 0.465 e. The minimum atomic E-state index is -3.88. The van der Waals surface area contributed by atoms with E-state index < -0.39 is 22.5 Å². The number of ether oxygens (including phenoxy) is 1. The van der Waals surface area contributed by atoms with Crippen LogP contribution in [0.2, 0.25) is 0 Å². The molecule has 0 spiro atoms. The smallest absolute Gasteiger partial charge is 0.321 e. The van der Waals surface area contributed by atoms with Crippen LogP contribution >= 0.6 is 0 Å². The number of rotatable bonds is 5. The molecule has 1 aromatic heterocycles. The third-order valence-corrected chi connectivity index (χ3v) is 3.68. The van der Waals surface area contributed by atoms with Gasteiger partial charge < -0.3 is 4.74 Å². The highest BCUT2D eigenvalue weighted by Crippen LogP contribution is 2.19. The number of sulfonamides is 1. The van der Waals surface area contributed by atoms with Crippen LogP contribution in [0.15, 0.2) is 27.7 Å². The summed E-state index contributed by atoms with van der Waals surface area (Å²) in [5, 5.41) is 7.07. The maximum atomic E-state index is 12.0. The standard InChI is InChI=1S/C10H11N3O5S/c1-2-17-9(14)6-11-19(15,16)8-5-3-4-7-10(8)13-18-12-7/h3-5,11H,2,6H2,1H3. The second-order valence-electron chi connectivity index (χ2n) is 3.52. The van der Waals surface area contributed by atoms with Crippen molar-refractivity contribution in [3.05, 3.63) is 18.2 Å². The van der Waals surface area contributed by atoms with Crippen molar-refractivity contribution in [2.45, 2.75) is 11.8 Å². The number of carbonyl (C=O) groups is 1. The first-order valence-electron chi connectivity index (χ1n) is 5.41. The van der Waals surface area contributed by atoms with Crippen LogP contribution in [0.5, 0.6) is 0 Å². The molecule has 9 heteroatoms. The maximum Gasteiger partial charge on any atom is 0.321 e. The summed E-state index contributed by atoms with van der Waals surface area (Å²) in [6.45, 7) is 1.37. The zero-order valence-electron chi connectivity index (χ0n) is 9.99. The minimum Gasteiger partial charge on any atom is -0.465 e. The molecule has 0 atom stereocenters. The molecule has 0 saturated carbocycles. The Morgan fingerprint density at radius 2 is 2.21 bits per heavy atom. The van der Waals surface area contributed by atoms with E-state index in [4.69, 9.17) is 0 Å². The predicted molar refractivity (Wildman–Crippen MR) is 63.6 cm³/mol. The van der Waals surface area contributed by atoms with Gasteiger partial charge in [-0.3, -0.25) is 4.79 Å². The Hall–Kier alpha value is -2.00. The number of fused-ring (bicyclic) bond motifs is 1. The molecule has 0 amide bonds. The Balaban J connectivity index is 2.24. The fraction of sp³-hybridized carbons (Fsp3) is 0.300. The fourth-order valence-corrected chi connectivity index (χ4v) is 2.56. The van der Waals surface area contributed by atoms with E-state index in [2.05, 4.69) is 24.4 Å². The first-order valence-corrected chi connectivity index (χ1v) is 6.89. The second kappa shape index (κ2) is 5.33. The van der Waals surface area contributed by atoms with Crippen LogP contribution in [0.4, 0.5) is 0 Å². The van der Waals surface area contributed by atoms with Gasteiger partial charge in [-0.1, -0.05) is 6.07 Å². The zero-order chi connectivity index (χ0) is 13.9. The summed E-state index contributed by atoms with van der Waals surface area (Å²) in [6, 6.07) is 4.42. The van der Waals surface area contributed by atoms with Crippen LogP contribution in [0.25, 0.3) is 11.0 Å². The molecule has 102 valence electrons. The van der Waals surface area contributed by atoms with Crippen molar-refractivity contribution in [3.8, 4) is 0 Å². The highest BCUT2D eigenvalue weighted by Gasteiger charge is 2.21. The lowest BCUT2D eigenvalue weighted by atomic mass is 10.3. The van der Waals surface area contributed by atoms with Gasteiger partial charge in [-0.2, -0.15) is 4.72 Å². The van der Waals surface area contributed by atoms with Gasteiger partial charge in [0.1, 0.15) is 17.0 Å². The van der Waals surface area contributed by atoms with E-state index in [9.17, 15) is 13.2 Å². The van der Waals surface area contributed by atoms with E-state index in [0.717, 1.165) is 0 Å². The molecule has 0 aliphatic carbocycles. The highest BCUT2D eigenvalue weighted by molar-refractivity contribution is 7.89. The van der Waals surface area contributed by atoms with E-state index in [-0.39, 0.29) is 17.0 Å². The average Bonchev–Trinajstić information content (AvgIpc) is 2.84. The number of nitrogens with one attached hydrogen (secondary N) is 1. The van der Waals surface area contributed by atoms with Gasteiger partial charge in [0.2, 0.25) is 10.0 Å². The molecule has 8 nitrogen and oxygen atoms in total. The number of benzene rings is 1. The average molecular weight is 285 g/mol. The zero-order valence-corrected chi connectivity index (χ0v) is 10.8. The van der Waals surface area contributed by atoms with E-state index in [1.807, 2.05) is 0 Å². The second-order valence-corrected chi connectivity index (χ2v) is 5.25. The molecule has 0 aliphatic rings. The number of hydrogen-bond donors (Lipinski definition) is 1. The molecule has 0 radical (unpaired) electrons. The molecule has 0 aliphatic heterocycles. The molecule has 1 heterocycles. The number of nitrogens with zero attached hydrogens (tertiary/aromatic N) is 2. The van der Waals surface area contributed by atoms with E-state index >= 15 is 0 Å². The Kier molecular flexibility index (Phi) is 3.76. The quantitative estimate of drug-likeness (QED) is 0.773. The predicted octanol–water partition coefficient (Wildman–Crippen LogP) is 0.0642. The van der Waals surface area contributed by atoms with Crippen molar-refractivity contribution in [1.82, 2.24) is 15.0 Å². The van der Waals surface area contributed by atoms with Crippen LogP contribution in [0.1, 0.15) is 6.92 Å². The molecule has 0 saturated heterocycles. The lowest BCUT2D eigenvalue weighted by molar-refractivity contribution is -0.141. The number of esters is 1. The van der Waals surface area contributed by atoms with E-state index in [1.165, 1.54) is 12.1 Å². The SMILES string of the molecule is CCOC(=O)CNS(=O)(=O)c1cccc2nonc12. The van der Waals surface area contributed by atoms with Crippen molar-refractivity contribution in [2.75, 3.05) is 13.2 Å². The Morgan fingerprint density at radius 1 is 1.42 bits per heavy atom. The van der Waals surface area contributed by atoms with Gasteiger partial charge in [-0.05, 0) is 29.4 Å². The Labute approximate surface area is 108 Å². The third-order valence-electron chi connectivity index (χ3n) is 2.25. The Morgan fingerprint density at radius 3 is 2.95 bits per heavy atom. The van der Waals surface area contributed by atoms with Gasteiger partial charge in [0.25, 0.3) is 0 Å². The number of carbonyl (C=O) groups excluding carboxylic acids is 1. The van der Waals surface area contributed by atoms with Crippen LogP contribution in [-0.2, 0) is 19.6 Å². The number of hydrogen-bond acceptors (Lipinski definition) is 7. The molecule has 19 heavy (non-hydrogen) atoms. The summed E-state index contributed by atoms with van der Waals surface area (Å²) in [5.74, 6) is -0.656. The fourth-order valence-electron chi connectivity index (χ4n) is 1.44.